The van der Waals surface area contributed by atoms with Gasteiger partial charge in [-0.2, -0.15) is 10.5 Å². The lowest BCUT2D eigenvalue weighted by Gasteiger charge is -2.05. The highest BCUT2D eigenvalue weighted by Gasteiger charge is 2.12. The van der Waals surface area contributed by atoms with E-state index in [2.05, 4.69) is 0 Å². The van der Waals surface area contributed by atoms with Crippen molar-refractivity contribution in [2.45, 2.75) is 20.8 Å². The molecule has 0 saturated heterocycles. The van der Waals surface area contributed by atoms with Crippen molar-refractivity contribution < 1.29 is 4.74 Å². The maximum atomic E-state index is 13.2. The molecule has 0 aliphatic rings. The van der Waals surface area contributed by atoms with E-state index in [9.17, 15) is 15.3 Å². The summed E-state index contributed by atoms with van der Waals surface area (Å²) in [5.74, 6) is 0.688. The normalized spacial score (nSPS) is 11.0. The van der Waals surface area contributed by atoms with Crippen molar-refractivity contribution in [3.8, 4) is 23.6 Å². The number of aryl methyl sites for hydroxylation is 2. The topological polar surface area (TPSA) is 78.8 Å². The Morgan fingerprint density at radius 1 is 1.14 bits per heavy atom. The van der Waals surface area contributed by atoms with Crippen LogP contribution in [-0.4, -0.2) is 11.2 Å². The van der Waals surface area contributed by atoms with Gasteiger partial charge in [0.2, 0.25) is 0 Å². The average Bonchev–Trinajstić information content (AvgIpc) is 3.03. The van der Waals surface area contributed by atoms with Crippen molar-refractivity contribution in [1.82, 2.24) is 4.57 Å². The number of ether oxygens (including phenoxy) is 1. The predicted octanol–water partition coefficient (Wildman–Crippen LogP) is 2.94. The van der Waals surface area contributed by atoms with Crippen LogP contribution in [0, 0.1) is 36.5 Å². The maximum Gasteiger partial charge on any atom is 0.273 e. The molecule has 0 fully saturated rings. The van der Waals surface area contributed by atoms with Gasteiger partial charge in [-0.25, -0.2) is 0 Å². The fourth-order valence-corrected chi connectivity index (χ4v) is 3.97. The quantitative estimate of drug-likeness (QED) is 0.673. The van der Waals surface area contributed by atoms with Gasteiger partial charge in [-0.05, 0) is 62.2 Å². The van der Waals surface area contributed by atoms with Gasteiger partial charge < -0.3 is 4.74 Å². The minimum absolute atomic E-state index is 0.0957. The Kier molecular flexibility index (Phi) is 5.97. The molecule has 0 saturated carbocycles. The second-order valence-electron chi connectivity index (χ2n) is 6.44. The van der Waals surface area contributed by atoms with Crippen LogP contribution in [-0.2, 0) is 0 Å². The van der Waals surface area contributed by atoms with E-state index < -0.39 is 0 Å². The van der Waals surface area contributed by atoms with Crippen LogP contribution in [0.5, 0.6) is 5.75 Å². The fraction of sp³-hybridized carbons (Fsp3) is 0.174. The number of aromatic nitrogens is 1. The highest BCUT2D eigenvalue weighted by Crippen LogP contribution is 2.14. The predicted molar refractivity (Wildman–Crippen MR) is 114 cm³/mol. The fourth-order valence-electron chi connectivity index (χ4n) is 2.92. The Labute approximate surface area is 172 Å². The molecule has 0 radical (unpaired) electrons. The third-order valence-corrected chi connectivity index (χ3v) is 5.48. The summed E-state index contributed by atoms with van der Waals surface area (Å²) >= 11 is 1.14. The third kappa shape index (κ3) is 4.13. The van der Waals surface area contributed by atoms with Crippen LogP contribution < -0.4 is 19.5 Å². The summed E-state index contributed by atoms with van der Waals surface area (Å²) in [5.41, 5.74) is 3.28. The summed E-state index contributed by atoms with van der Waals surface area (Å²) in [5, 5.41) is 18.8. The minimum atomic E-state index is -0.266. The highest BCUT2D eigenvalue weighted by atomic mass is 32.1. The summed E-state index contributed by atoms with van der Waals surface area (Å²) in [6.07, 6.45) is 1.82. The van der Waals surface area contributed by atoms with Crippen molar-refractivity contribution in [1.29, 1.82) is 10.5 Å². The summed E-state index contributed by atoms with van der Waals surface area (Å²) in [7, 11) is 0. The van der Waals surface area contributed by atoms with Crippen molar-refractivity contribution in [2.24, 2.45) is 0 Å². The number of nitriles is 2. The molecule has 0 N–H and O–H groups in total. The van der Waals surface area contributed by atoms with Gasteiger partial charge in [0.25, 0.3) is 5.56 Å². The van der Waals surface area contributed by atoms with Crippen LogP contribution in [0.4, 0.5) is 0 Å². The Balaban J connectivity index is 2.32. The van der Waals surface area contributed by atoms with Crippen molar-refractivity contribution >= 4 is 23.0 Å². The summed E-state index contributed by atoms with van der Waals surface area (Å²) < 4.78 is 7.65. The largest absolute Gasteiger partial charge is 0.494 e. The Morgan fingerprint density at radius 3 is 2.45 bits per heavy atom. The smallest absolute Gasteiger partial charge is 0.273 e. The monoisotopic (exact) mass is 401 g/mol. The van der Waals surface area contributed by atoms with Gasteiger partial charge >= 0.3 is 0 Å². The molecule has 0 amide bonds. The van der Waals surface area contributed by atoms with E-state index in [1.165, 1.54) is 4.57 Å². The summed E-state index contributed by atoms with van der Waals surface area (Å²) in [6.45, 7) is 6.41. The zero-order valence-corrected chi connectivity index (χ0v) is 17.2. The number of rotatable bonds is 4. The SMILES string of the molecule is CCOc1ccc(-n2c(=C(C#N)C#N)s/c(=C/c3cc(C)ccc3C)c2=O)cc1. The third-order valence-electron chi connectivity index (χ3n) is 4.39. The van der Waals surface area contributed by atoms with E-state index in [0.29, 0.717) is 27.2 Å². The molecule has 0 atom stereocenters. The first-order valence-electron chi connectivity index (χ1n) is 9.07. The lowest BCUT2D eigenvalue weighted by Crippen LogP contribution is -2.30. The van der Waals surface area contributed by atoms with Crippen molar-refractivity contribution in [3.05, 3.63) is 78.7 Å². The Hall–Kier alpha value is -3.61. The highest BCUT2D eigenvalue weighted by molar-refractivity contribution is 7.07. The first kappa shape index (κ1) is 20.1. The molecule has 1 heterocycles. The van der Waals surface area contributed by atoms with Crippen LogP contribution in [0.2, 0.25) is 0 Å². The molecule has 144 valence electrons. The van der Waals surface area contributed by atoms with E-state index in [-0.39, 0.29) is 11.1 Å². The molecule has 29 heavy (non-hydrogen) atoms. The van der Waals surface area contributed by atoms with Crippen LogP contribution >= 0.6 is 11.3 Å². The summed E-state index contributed by atoms with van der Waals surface area (Å²) in [6, 6.07) is 16.9. The van der Waals surface area contributed by atoms with Gasteiger partial charge in [0, 0.05) is 0 Å². The number of benzene rings is 2. The molecule has 2 aromatic carbocycles. The first-order chi connectivity index (χ1) is 14.0. The van der Waals surface area contributed by atoms with E-state index in [1.54, 1.807) is 24.3 Å². The molecule has 1 aromatic heterocycles. The number of nitrogens with zero attached hydrogens (tertiary/aromatic N) is 3. The standard InChI is InChI=1S/C23H19N3O2S/c1-4-28-20-9-7-19(8-10-20)26-22(27)21(29-23(26)18(13-24)14-25)12-17-11-15(2)5-6-16(17)3/h5-12H,4H2,1-3H3/b21-12+. The van der Waals surface area contributed by atoms with Gasteiger partial charge in [-0.15, -0.1) is 11.3 Å². The molecule has 0 aliphatic heterocycles. The lowest BCUT2D eigenvalue weighted by atomic mass is 10.1. The van der Waals surface area contributed by atoms with Gasteiger partial charge in [0.1, 0.15) is 22.6 Å². The van der Waals surface area contributed by atoms with E-state index in [0.717, 1.165) is 28.0 Å². The van der Waals surface area contributed by atoms with Crippen molar-refractivity contribution in [2.75, 3.05) is 6.61 Å². The van der Waals surface area contributed by atoms with E-state index >= 15 is 0 Å². The molecule has 0 bridgehead atoms. The second-order valence-corrected chi connectivity index (χ2v) is 7.47. The molecular weight excluding hydrogens is 382 g/mol. The van der Waals surface area contributed by atoms with Gasteiger partial charge in [-0.1, -0.05) is 23.8 Å². The van der Waals surface area contributed by atoms with Crippen LogP contribution in [0.25, 0.3) is 17.3 Å². The van der Waals surface area contributed by atoms with Gasteiger partial charge in [-0.3, -0.25) is 9.36 Å². The van der Waals surface area contributed by atoms with Crippen LogP contribution in [0.3, 0.4) is 0 Å². The van der Waals surface area contributed by atoms with Crippen LogP contribution in [0.15, 0.2) is 47.3 Å². The van der Waals surface area contributed by atoms with Gasteiger partial charge in [0.15, 0.2) is 5.57 Å². The molecule has 0 aliphatic carbocycles. The maximum absolute atomic E-state index is 13.2. The van der Waals surface area contributed by atoms with Gasteiger partial charge in [0.05, 0.1) is 16.8 Å². The number of hydrogen-bond acceptors (Lipinski definition) is 5. The average molecular weight is 401 g/mol. The zero-order chi connectivity index (χ0) is 21.0. The molecule has 3 rings (SSSR count). The molecule has 0 unspecified atom stereocenters. The molecule has 3 aromatic rings. The van der Waals surface area contributed by atoms with E-state index in [4.69, 9.17) is 4.74 Å². The molecular formula is C23H19N3O2S. The lowest BCUT2D eigenvalue weighted by molar-refractivity contribution is 0.340. The zero-order valence-electron chi connectivity index (χ0n) is 16.4. The first-order valence-corrected chi connectivity index (χ1v) is 9.88. The Morgan fingerprint density at radius 2 is 1.83 bits per heavy atom. The number of thiazole rings is 1. The number of hydrogen-bond donors (Lipinski definition) is 0. The molecule has 6 heteroatoms. The molecule has 0 spiro atoms. The molecule has 5 nitrogen and oxygen atoms in total. The summed E-state index contributed by atoms with van der Waals surface area (Å²) in [4.78, 5) is 13.2. The van der Waals surface area contributed by atoms with Crippen LogP contribution in [0.1, 0.15) is 23.6 Å². The van der Waals surface area contributed by atoms with Crippen molar-refractivity contribution in [3.63, 3.8) is 0 Å². The second kappa shape index (κ2) is 8.60. The van der Waals surface area contributed by atoms with E-state index in [1.807, 2.05) is 57.2 Å². The Bertz CT molecular complexity index is 1300. The minimum Gasteiger partial charge on any atom is -0.494 e.